The third kappa shape index (κ3) is 4.27. The van der Waals surface area contributed by atoms with Crippen LogP contribution in [0.5, 0.6) is 0 Å². The molecule has 1 amide bonds. The standard InChI is InChI=1S/C19H32N2O4/c1-18(2,3)25-17(24)21-10-6-19(7-11-21)12-15(13-19)20-8-4-14(5-9-20)16(22)23/h14-15H,4-13H2,1-3H3,(H,22,23). The van der Waals surface area contributed by atoms with Crippen LogP contribution in [-0.4, -0.2) is 64.8 Å². The molecule has 2 aliphatic heterocycles. The molecule has 2 heterocycles. The molecule has 0 radical (unpaired) electrons. The van der Waals surface area contributed by atoms with E-state index in [2.05, 4.69) is 4.90 Å². The number of amides is 1. The van der Waals surface area contributed by atoms with Crippen molar-refractivity contribution in [3.05, 3.63) is 0 Å². The first-order valence-electron chi connectivity index (χ1n) is 9.62. The molecule has 6 nitrogen and oxygen atoms in total. The molecule has 6 heteroatoms. The molecule has 3 aliphatic rings. The lowest BCUT2D eigenvalue weighted by Gasteiger charge is -2.56. The number of carboxylic acids is 1. The number of nitrogens with zero attached hydrogens (tertiary/aromatic N) is 2. The number of carboxylic acid groups (broad SMARTS) is 1. The first-order valence-corrected chi connectivity index (χ1v) is 9.62. The number of likely N-dealkylation sites (tertiary alicyclic amines) is 2. The second-order valence-electron chi connectivity index (χ2n) is 9.18. The minimum Gasteiger partial charge on any atom is -0.481 e. The molecule has 0 atom stereocenters. The largest absolute Gasteiger partial charge is 0.481 e. The lowest BCUT2D eigenvalue weighted by atomic mass is 9.60. The van der Waals surface area contributed by atoms with Gasteiger partial charge in [-0.15, -0.1) is 0 Å². The van der Waals surface area contributed by atoms with Crippen LogP contribution in [0.25, 0.3) is 0 Å². The number of aliphatic carboxylic acids is 1. The van der Waals surface area contributed by atoms with Gasteiger partial charge in [-0.05, 0) is 77.8 Å². The summed E-state index contributed by atoms with van der Waals surface area (Å²) in [4.78, 5) is 27.6. The molecule has 0 aromatic carbocycles. The fraction of sp³-hybridized carbons (Fsp3) is 0.895. The van der Waals surface area contributed by atoms with Crippen molar-refractivity contribution in [3.8, 4) is 0 Å². The molecule has 1 saturated carbocycles. The first-order chi connectivity index (χ1) is 11.7. The Morgan fingerprint density at radius 3 is 2.08 bits per heavy atom. The number of ether oxygens (including phenoxy) is 1. The molecule has 1 spiro atoms. The minimum atomic E-state index is -0.640. The van der Waals surface area contributed by atoms with Crippen LogP contribution in [0.1, 0.15) is 59.3 Å². The number of hydrogen-bond acceptors (Lipinski definition) is 4. The van der Waals surface area contributed by atoms with Crippen LogP contribution in [0.2, 0.25) is 0 Å². The molecule has 25 heavy (non-hydrogen) atoms. The number of piperidine rings is 2. The van der Waals surface area contributed by atoms with Crippen molar-refractivity contribution >= 4 is 12.1 Å². The second kappa shape index (κ2) is 6.78. The second-order valence-corrected chi connectivity index (χ2v) is 9.18. The summed E-state index contributed by atoms with van der Waals surface area (Å²) in [7, 11) is 0. The van der Waals surface area contributed by atoms with Gasteiger partial charge in [-0.2, -0.15) is 0 Å². The molecule has 3 fully saturated rings. The van der Waals surface area contributed by atoms with Crippen LogP contribution in [0.3, 0.4) is 0 Å². The average molecular weight is 352 g/mol. The van der Waals surface area contributed by atoms with Crippen LogP contribution in [0.4, 0.5) is 4.79 Å². The van der Waals surface area contributed by atoms with Gasteiger partial charge >= 0.3 is 12.1 Å². The van der Waals surface area contributed by atoms with Gasteiger partial charge in [0.25, 0.3) is 0 Å². The maximum absolute atomic E-state index is 12.2. The molecule has 142 valence electrons. The molecule has 1 aliphatic carbocycles. The third-order valence-corrected chi connectivity index (χ3v) is 6.21. The van der Waals surface area contributed by atoms with Gasteiger partial charge in [0.2, 0.25) is 0 Å². The summed E-state index contributed by atoms with van der Waals surface area (Å²) in [6.07, 6.45) is 5.91. The van der Waals surface area contributed by atoms with Gasteiger partial charge in [0.1, 0.15) is 5.60 Å². The van der Waals surface area contributed by atoms with Crippen molar-refractivity contribution in [2.75, 3.05) is 26.2 Å². The van der Waals surface area contributed by atoms with E-state index in [1.807, 2.05) is 25.7 Å². The van der Waals surface area contributed by atoms with E-state index in [0.29, 0.717) is 11.5 Å². The lowest BCUT2D eigenvalue weighted by molar-refractivity contribution is -0.144. The van der Waals surface area contributed by atoms with E-state index in [1.54, 1.807) is 0 Å². The van der Waals surface area contributed by atoms with E-state index < -0.39 is 11.6 Å². The Bertz CT molecular complexity index is 504. The summed E-state index contributed by atoms with van der Waals surface area (Å²) in [5.74, 6) is -0.790. The van der Waals surface area contributed by atoms with Crippen molar-refractivity contribution in [2.45, 2.75) is 70.9 Å². The zero-order valence-electron chi connectivity index (χ0n) is 15.8. The van der Waals surface area contributed by atoms with Gasteiger partial charge in [0, 0.05) is 19.1 Å². The van der Waals surface area contributed by atoms with E-state index in [9.17, 15) is 9.59 Å². The summed E-state index contributed by atoms with van der Waals surface area (Å²) < 4.78 is 5.47. The molecule has 0 aromatic heterocycles. The van der Waals surface area contributed by atoms with Gasteiger partial charge in [-0.1, -0.05) is 0 Å². The molecular formula is C19H32N2O4. The number of carbonyl (C=O) groups is 2. The minimum absolute atomic E-state index is 0.151. The van der Waals surface area contributed by atoms with Gasteiger partial charge in [0.05, 0.1) is 5.92 Å². The van der Waals surface area contributed by atoms with Gasteiger partial charge in [-0.3, -0.25) is 4.79 Å². The highest BCUT2D eigenvalue weighted by Crippen LogP contribution is 2.51. The summed E-state index contributed by atoms with van der Waals surface area (Å²) in [5.41, 5.74) is -0.0390. The first kappa shape index (κ1) is 18.5. The van der Waals surface area contributed by atoms with Crippen LogP contribution >= 0.6 is 0 Å². The Balaban J connectivity index is 1.41. The third-order valence-electron chi connectivity index (χ3n) is 6.21. The summed E-state index contributed by atoms with van der Waals surface area (Å²) in [6.45, 7) is 9.14. The average Bonchev–Trinajstić information content (AvgIpc) is 2.51. The molecule has 0 unspecified atom stereocenters. The highest BCUT2D eigenvalue weighted by atomic mass is 16.6. The molecule has 0 aromatic rings. The zero-order chi connectivity index (χ0) is 18.2. The molecule has 3 rings (SSSR count). The van der Waals surface area contributed by atoms with E-state index in [1.165, 1.54) is 12.8 Å². The van der Waals surface area contributed by atoms with Gasteiger partial charge in [0.15, 0.2) is 0 Å². The van der Waals surface area contributed by atoms with Crippen LogP contribution in [-0.2, 0) is 9.53 Å². The Morgan fingerprint density at radius 1 is 1.04 bits per heavy atom. The van der Waals surface area contributed by atoms with Crippen LogP contribution in [0, 0.1) is 11.3 Å². The van der Waals surface area contributed by atoms with E-state index >= 15 is 0 Å². The summed E-state index contributed by atoms with van der Waals surface area (Å²) in [6, 6.07) is 0.614. The zero-order valence-corrected chi connectivity index (χ0v) is 15.8. The van der Waals surface area contributed by atoms with Crippen LogP contribution in [0.15, 0.2) is 0 Å². The Kier molecular flexibility index (Phi) is 5.02. The highest BCUT2D eigenvalue weighted by Gasteiger charge is 2.49. The molecule has 1 N–H and O–H groups in total. The van der Waals surface area contributed by atoms with Crippen LogP contribution < -0.4 is 0 Å². The Labute approximate surface area is 150 Å². The Hall–Kier alpha value is -1.30. The lowest BCUT2D eigenvalue weighted by Crippen LogP contribution is -2.57. The topological polar surface area (TPSA) is 70.1 Å². The van der Waals surface area contributed by atoms with E-state index in [4.69, 9.17) is 9.84 Å². The fourth-order valence-corrected chi connectivity index (χ4v) is 4.61. The summed E-state index contributed by atoms with van der Waals surface area (Å²) in [5, 5.41) is 9.11. The number of hydrogen-bond donors (Lipinski definition) is 1. The molecule has 0 bridgehead atoms. The SMILES string of the molecule is CC(C)(C)OC(=O)N1CCC2(CC1)CC(N1CCC(C(=O)O)CC1)C2. The number of rotatable bonds is 2. The van der Waals surface area contributed by atoms with E-state index in [0.717, 1.165) is 51.9 Å². The van der Waals surface area contributed by atoms with Gasteiger partial charge in [-0.25, -0.2) is 4.79 Å². The maximum Gasteiger partial charge on any atom is 0.410 e. The highest BCUT2D eigenvalue weighted by molar-refractivity contribution is 5.70. The van der Waals surface area contributed by atoms with Crippen molar-refractivity contribution in [3.63, 3.8) is 0 Å². The van der Waals surface area contributed by atoms with Gasteiger partial charge < -0.3 is 19.6 Å². The smallest absolute Gasteiger partial charge is 0.410 e. The molecule has 2 saturated heterocycles. The molecular weight excluding hydrogens is 320 g/mol. The fourth-order valence-electron chi connectivity index (χ4n) is 4.61. The predicted octanol–water partition coefficient (Wildman–Crippen LogP) is 2.96. The quantitative estimate of drug-likeness (QED) is 0.827. The normalized spacial score (nSPS) is 25.6. The number of carbonyl (C=O) groups excluding carboxylic acids is 1. The van der Waals surface area contributed by atoms with Crippen molar-refractivity contribution in [2.24, 2.45) is 11.3 Å². The predicted molar refractivity (Wildman–Crippen MR) is 94.4 cm³/mol. The van der Waals surface area contributed by atoms with E-state index in [-0.39, 0.29) is 12.0 Å². The maximum atomic E-state index is 12.2. The Morgan fingerprint density at radius 2 is 1.60 bits per heavy atom. The summed E-state index contributed by atoms with van der Waals surface area (Å²) >= 11 is 0. The van der Waals surface area contributed by atoms with Crippen molar-refractivity contribution in [1.82, 2.24) is 9.80 Å². The van der Waals surface area contributed by atoms with Crippen molar-refractivity contribution in [1.29, 1.82) is 0 Å². The monoisotopic (exact) mass is 352 g/mol. The van der Waals surface area contributed by atoms with Crippen molar-refractivity contribution < 1.29 is 19.4 Å².